The number of rotatable bonds is 2. The van der Waals surface area contributed by atoms with Gasteiger partial charge >= 0.3 is 0 Å². The number of pyridine rings is 2. The Morgan fingerprint density at radius 1 is 1.06 bits per heavy atom. The van der Waals surface area contributed by atoms with Gasteiger partial charge in [-0.25, -0.2) is 9.97 Å². The van der Waals surface area contributed by atoms with Crippen LogP contribution in [0.3, 0.4) is 0 Å². The molecule has 0 saturated heterocycles. The van der Waals surface area contributed by atoms with Gasteiger partial charge in [0.2, 0.25) is 0 Å². The monoisotopic (exact) mass is 228 g/mol. The molecule has 0 fully saturated rings. The number of hydrogen-bond acceptors (Lipinski definition) is 4. The van der Waals surface area contributed by atoms with Crippen molar-refractivity contribution >= 4 is 11.6 Å². The van der Waals surface area contributed by atoms with E-state index in [4.69, 9.17) is 5.73 Å². The van der Waals surface area contributed by atoms with Gasteiger partial charge in [-0.2, -0.15) is 0 Å². The molecule has 0 aliphatic rings. The number of nitrogens with zero attached hydrogens (tertiary/aromatic N) is 2. The first kappa shape index (κ1) is 11.4. The molecule has 0 atom stereocenters. The number of nitrogens with two attached hydrogens (primary N) is 1. The zero-order valence-corrected chi connectivity index (χ0v) is 10.3. The fourth-order valence-electron chi connectivity index (χ4n) is 1.77. The fourth-order valence-corrected chi connectivity index (χ4v) is 1.77. The van der Waals surface area contributed by atoms with Crippen LogP contribution in [0.4, 0.5) is 11.6 Å². The van der Waals surface area contributed by atoms with Crippen LogP contribution in [0.25, 0.3) is 11.3 Å². The van der Waals surface area contributed by atoms with Gasteiger partial charge in [0.15, 0.2) is 0 Å². The van der Waals surface area contributed by atoms with E-state index in [0.29, 0.717) is 5.82 Å². The SMILES string of the molecule is CNc1ccc(C)c(-c2ccc(N)nc2C)n1. The molecule has 0 spiro atoms. The van der Waals surface area contributed by atoms with E-state index in [1.807, 2.05) is 39.1 Å². The molecule has 4 heteroatoms. The van der Waals surface area contributed by atoms with E-state index >= 15 is 0 Å². The average Bonchev–Trinajstić information content (AvgIpc) is 2.30. The lowest BCUT2D eigenvalue weighted by Crippen LogP contribution is -1.99. The van der Waals surface area contributed by atoms with Crippen molar-refractivity contribution in [2.45, 2.75) is 13.8 Å². The minimum Gasteiger partial charge on any atom is -0.384 e. The van der Waals surface area contributed by atoms with Crippen molar-refractivity contribution in [3.63, 3.8) is 0 Å². The molecule has 2 aromatic rings. The molecule has 17 heavy (non-hydrogen) atoms. The smallest absolute Gasteiger partial charge is 0.126 e. The van der Waals surface area contributed by atoms with Crippen LogP contribution in [-0.2, 0) is 0 Å². The first-order chi connectivity index (χ1) is 8.11. The number of nitrogens with one attached hydrogen (secondary N) is 1. The number of nitrogen functional groups attached to an aromatic ring is 1. The van der Waals surface area contributed by atoms with Gasteiger partial charge < -0.3 is 11.1 Å². The van der Waals surface area contributed by atoms with Crippen LogP contribution in [0.5, 0.6) is 0 Å². The van der Waals surface area contributed by atoms with Crippen molar-refractivity contribution in [2.24, 2.45) is 0 Å². The fraction of sp³-hybridized carbons (Fsp3) is 0.231. The summed E-state index contributed by atoms with van der Waals surface area (Å²) < 4.78 is 0. The van der Waals surface area contributed by atoms with Crippen LogP contribution < -0.4 is 11.1 Å². The summed E-state index contributed by atoms with van der Waals surface area (Å²) >= 11 is 0. The molecule has 3 N–H and O–H groups in total. The van der Waals surface area contributed by atoms with Crippen LogP contribution in [0.15, 0.2) is 24.3 Å². The summed E-state index contributed by atoms with van der Waals surface area (Å²) in [6.07, 6.45) is 0. The van der Waals surface area contributed by atoms with E-state index in [1.54, 1.807) is 6.07 Å². The van der Waals surface area contributed by atoms with E-state index in [2.05, 4.69) is 15.3 Å². The van der Waals surface area contributed by atoms with E-state index in [-0.39, 0.29) is 0 Å². The predicted molar refractivity (Wildman–Crippen MR) is 70.9 cm³/mol. The Morgan fingerprint density at radius 2 is 1.82 bits per heavy atom. The molecule has 4 nitrogen and oxygen atoms in total. The third-order valence-electron chi connectivity index (χ3n) is 2.72. The molecule has 0 aliphatic carbocycles. The second-order valence-corrected chi connectivity index (χ2v) is 3.98. The van der Waals surface area contributed by atoms with Gasteiger partial charge in [0.1, 0.15) is 11.6 Å². The zero-order chi connectivity index (χ0) is 12.4. The Hall–Kier alpha value is -2.10. The van der Waals surface area contributed by atoms with Crippen LogP contribution in [-0.4, -0.2) is 17.0 Å². The molecular formula is C13H16N4. The third-order valence-corrected chi connectivity index (χ3v) is 2.72. The molecule has 2 aromatic heterocycles. The summed E-state index contributed by atoms with van der Waals surface area (Å²) in [6, 6.07) is 7.77. The summed E-state index contributed by atoms with van der Waals surface area (Å²) in [4.78, 5) is 8.82. The average molecular weight is 228 g/mol. The lowest BCUT2D eigenvalue weighted by atomic mass is 10.1. The maximum absolute atomic E-state index is 5.66. The van der Waals surface area contributed by atoms with Gasteiger partial charge in [0, 0.05) is 18.3 Å². The Bertz CT molecular complexity index is 549. The van der Waals surface area contributed by atoms with Crippen LogP contribution in [0.2, 0.25) is 0 Å². The van der Waals surface area contributed by atoms with Gasteiger partial charge in [0.05, 0.1) is 5.69 Å². The normalized spacial score (nSPS) is 10.3. The lowest BCUT2D eigenvalue weighted by molar-refractivity contribution is 1.18. The standard InChI is InChI=1S/C13H16N4/c1-8-4-7-12(15-3)17-13(8)10-5-6-11(14)16-9(10)2/h4-7H,1-3H3,(H2,14,16)(H,15,17). The summed E-state index contributed by atoms with van der Waals surface area (Å²) in [5, 5.41) is 3.04. The van der Waals surface area contributed by atoms with Gasteiger partial charge in [-0.15, -0.1) is 0 Å². The van der Waals surface area contributed by atoms with E-state index < -0.39 is 0 Å². The molecule has 0 unspecified atom stereocenters. The second-order valence-electron chi connectivity index (χ2n) is 3.98. The molecule has 0 amide bonds. The van der Waals surface area contributed by atoms with Crippen molar-refractivity contribution in [1.82, 2.24) is 9.97 Å². The Morgan fingerprint density at radius 3 is 2.47 bits per heavy atom. The van der Waals surface area contributed by atoms with E-state index in [9.17, 15) is 0 Å². The van der Waals surface area contributed by atoms with Gasteiger partial charge in [-0.05, 0) is 37.6 Å². The van der Waals surface area contributed by atoms with E-state index in [1.165, 1.54) is 0 Å². The molecule has 2 rings (SSSR count). The van der Waals surface area contributed by atoms with Crippen molar-refractivity contribution < 1.29 is 0 Å². The van der Waals surface area contributed by atoms with Crippen molar-refractivity contribution in [2.75, 3.05) is 18.1 Å². The highest BCUT2D eigenvalue weighted by atomic mass is 15.0. The number of hydrogen-bond donors (Lipinski definition) is 2. The van der Waals surface area contributed by atoms with E-state index in [0.717, 1.165) is 28.3 Å². The molecule has 0 radical (unpaired) electrons. The maximum atomic E-state index is 5.66. The molecule has 2 heterocycles. The van der Waals surface area contributed by atoms with Crippen LogP contribution in [0.1, 0.15) is 11.3 Å². The van der Waals surface area contributed by atoms with Crippen molar-refractivity contribution in [3.8, 4) is 11.3 Å². The molecule has 0 aromatic carbocycles. The highest BCUT2D eigenvalue weighted by Crippen LogP contribution is 2.25. The summed E-state index contributed by atoms with van der Waals surface area (Å²) in [5.74, 6) is 1.38. The molecule has 0 aliphatic heterocycles. The molecule has 88 valence electrons. The minimum atomic E-state index is 0.536. The Kier molecular flexibility index (Phi) is 2.95. The summed E-state index contributed by atoms with van der Waals surface area (Å²) in [6.45, 7) is 3.98. The highest BCUT2D eigenvalue weighted by molar-refractivity contribution is 5.68. The van der Waals surface area contributed by atoms with Crippen molar-refractivity contribution in [3.05, 3.63) is 35.5 Å². The minimum absolute atomic E-state index is 0.536. The third kappa shape index (κ3) is 2.20. The largest absolute Gasteiger partial charge is 0.384 e. The zero-order valence-electron chi connectivity index (χ0n) is 10.3. The maximum Gasteiger partial charge on any atom is 0.126 e. The van der Waals surface area contributed by atoms with Crippen molar-refractivity contribution in [1.29, 1.82) is 0 Å². The first-order valence-corrected chi connectivity index (χ1v) is 5.50. The Balaban J connectivity index is 2.59. The number of aryl methyl sites for hydroxylation is 2. The highest BCUT2D eigenvalue weighted by Gasteiger charge is 2.08. The number of aromatic nitrogens is 2. The molecule has 0 saturated carbocycles. The molecular weight excluding hydrogens is 212 g/mol. The quantitative estimate of drug-likeness (QED) is 0.828. The molecule has 0 bridgehead atoms. The van der Waals surface area contributed by atoms with Gasteiger partial charge in [-0.3, -0.25) is 0 Å². The summed E-state index contributed by atoms with van der Waals surface area (Å²) in [7, 11) is 1.86. The topological polar surface area (TPSA) is 63.8 Å². The predicted octanol–water partition coefficient (Wildman–Crippen LogP) is 2.38. The number of anilines is 2. The Labute approximate surface area is 101 Å². The summed E-state index contributed by atoms with van der Waals surface area (Å²) in [5.41, 5.74) is 9.64. The van der Waals surface area contributed by atoms with Crippen LogP contribution in [0, 0.1) is 13.8 Å². The lowest BCUT2D eigenvalue weighted by Gasteiger charge is -2.10. The van der Waals surface area contributed by atoms with Gasteiger partial charge in [0.25, 0.3) is 0 Å². The van der Waals surface area contributed by atoms with Gasteiger partial charge in [-0.1, -0.05) is 6.07 Å². The second kappa shape index (κ2) is 4.41. The first-order valence-electron chi connectivity index (χ1n) is 5.50. The van der Waals surface area contributed by atoms with Crippen LogP contribution >= 0.6 is 0 Å².